The average molecular weight is 418 g/mol. The van der Waals surface area contributed by atoms with Gasteiger partial charge in [-0.05, 0) is 36.3 Å². The molecule has 0 aliphatic rings. The zero-order valence-electron chi connectivity index (χ0n) is 17.6. The van der Waals surface area contributed by atoms with Crippen molar-refractivity contribution in [3.8, 4) is 23.0 Å². The van der Waals surface area contributed by atoms with E-state index in [2.05, 4.69) is 0 Å². The summed E-state index contributed by atoms with van der Waals surface area (Å²) in [4.78, 5) is 27.2. The number of carbonyl (C=O) groups is 2. The molecule has 0 fully saturated rings. The standard InChI is InChI=1S/C22H27O6P/c1-14(2)13-29(21(23)19-15(25-3)9-7-10-16(19)26-4)22(24)20-17(27-5)11-8-12-18(20)28-6/h7-12,14H,13H2,1-6H3. The van der Waals surface area contributed by atoms with E-state index in [1.807, 2.05) is 13.8 Å². The summed E-state index contributed by atoms with van der Waals surface area (Å²) in [7, 11) is 4.19. The highest BCUT2D eigenvalue weighted by molar-refractivity contribution is 7.90. The van der Waals surface area contributed by atoms with E-state index in [4.69, 9.17) is 18.9 Å². The molecule has 0 spiro atoms. The van der Waals surface area contributed by atoms with Crippen LogP contribution in [0.2, 0.25) is 0 Å². The molecule has 0 atom stereocenters. The molecule has 0 N–H and O–H groups in total. The molecule has 2 aromatic carbocycles. The number of ether oxygens (including phenoxy) is 4. The predicted molar refractivity (Wildman–Crippen MR) is 114 cm³/mol. The third kappa shape index (κ3) is 4.88. The normalized spacial score (nSPS) is 10.8. The summed E-state index contributed by atoms with van der Waals surface area (Å²) in [6.07, 6.45) is 0.426. The van der Waals surface area contributed by atoms with Gasteiger partial charge in [0.1, 0.15) is 34.1 Å². The first-order valence-electron chi connectivity index (χ1n) is 9.17. The number of benzene rings is 2. The summed E-state index contributed by atoms with van der Waals surface area (Å²) in [6, 6.07) is 10.2. The van der Waals surface area contributed by atoms with Crippen LogP contribution in [0.4, 0.5) is 0 Å². The first kappa shape index (κ1) is 22.7. The van der Waals surface area contributed by atoms with Gasteiger partial charge in [-0.15, -0.1) is 0 Å². The smallest absolute Gasteiger partial charge is 0.199 e. The number of carbonyl (C=O) groups excluding carboxylic acids is 2. The Labute approximate surface area is 172 Å². The Morgan fingerprint density at radius 3 is 1.28 bits per heavy atom. The number of hydrogen-bond donors (Lipinski definition) is 0. The molecule has 0 radical (unpaired) electrons. The van der Waals surface area contributed by atoms with Gasteiger partial charge in [0.05, 0.1) is 28.4 Å². The van der Waals surface area contributed by atoms with Gasteiger partial charge in [-0.25, -0.2) is 0 Å². The highest BCUT2D eigenvalue weighted by atomic mass is 31.1. The van der Waals surface area contributed by atoms with Crippen molar-refractivity contribution >= 4 is 19.0 Å². The lowest BCUT2D eigenvalue weighted by Gasteiger charge is -2.21. The molecule has 6 nitrogen and oxygen atoms in total. The molecule has 7 heteroatoms. The average Bonchev–Trinajstić information content (AvgIpc) is 2.74. The quantitative estimate of drug-likeness (QED) is 0.514. The Bertz CT molecular complexity index is 766. The Morgan fingerprint density at radius 1 is 0.724 bits per heavy atom. The van der Waals surface area contributed by atoms with Crippen LogP contribution in [0.15, 0.2) is 36.4 Å². The van der Waals surface area contributed by atoms with Crippen LogP contribution in [0.1, 0.15) is 34.6 Å². The monoisotopic (exact) mass is 418 g/mol. The van der Waals surface area contributed by atoms with Crippen molar-refractivity contribution < 1.29 is 28.5 Å². The molecule has 2 aromatic rings. The van der Waals surface area contributed by atoms with Crippen molar-refractivity contribution in [2.45, 2.75) is 13.8 Å². The fourth-order valence-corrected chi connectivity index (χ4v) is 5.24. The van der Waals surface area contributed by atoms with Crippen molar-refractivity contribution in [3.63, 3.8) is 0 Å². The van der Waals surface area contributed by atoms with Crippen molar-refractivity contribution in [1.29, 1.82) is 0 Å². The lowest BCUT2D eigenvalue weighted by Crippen LogP contribution is -2.15. The second-order valence-corrected chi connectivity index (χ2v) is 8.72. The van der Waals surface area contributed by atoms with E-state index < -0.39 is 7.92 Å². The van der Waals surface area contributed by atoms with E-state index in [0.29, 0.717) is 29.2 Å². The fourth-order valence-electron chi connectivity index (χ4n) is 3.02. The van der Waals surface area contributed by atoms with Gasteiger partial charge in [0, 0.05) is 7.92 Å². The van der Waals surface area contributed by atoms with E-state index >= 15 is 0 Å². The zero-order valence-corrected chi connectivity index (χ0v) is 18.5. The summed E-state index contributed by atoms with van der Waals surface area (Å²) in [5.41, 5.74) is -0.0140. The molecule has 0 bridgehead atoms. The molecular formula is C22H27O6P. The molecule has 29 heavy (non-hydrogen) atoms. The minimum atomic E-state index is -1.76. The number of hydrogen-bond acceptors (Lipinski definition) is 6. The first-order valence-corrected chi connectivity index (χ1v) is 10.7. The fraction of sp³-hybridized carbons (Fsp3) is 0.364. The van der Waals surface area contributed by atoms with Gasteiger partial charge in [0.25, 0.3) is 0 Å². The second kappa shape index (κ2) is 10.3. The maximum Gasteiger partial charge on any atom is 0.199 e. The van der Waals surface area contributed by atoms with Gasteiger partial charge in [0.2, 0.25) is 0 Å². The summed E-state index contributed by atoms with van der Waals surface area (Å²) in [6.45, 7) is 3.96. The van der Waals surface area contributed by atoms with Crippen molar-refractivity contribution in [3.05, 3.63) is 47.5 Å². The van der Waals surface area contributed by atoms with E-state index in [1.54, 1.807) is 36.4 Å². The molecule has 2 rings (SSSR count). The van der Waals surface area contributed by atoms with Gasteiger partial charge in [-0.3, -0.25) is 9.59 Å². The van der Waals surface area contributed by atoms with Gasteiger partial charge < -0.3 is 18.9 Å². The number of methoxy groups -OCH3 is 4. The maximum atomic E-state index is 13.6. The summed E-state index contributed by atoms with van der Waals surface area (Å²) < 4.78 is 21.6. The molecule has 0 unspecified atom stereocenters. The predicted octanol–water partition coefficient (Wildman–Crippen LogP) is 4.84. The summed E-state index contributed by atoms with van der Waals surface area (Å²) in [5.74, 6) is 1.65. The molecule has 0 amide bonds. The summed E-state index contributed by atoms with van der Waals surface area (Å²) >= 11 is 0. The molecule has 0 aliphatic heterocycles. The molecule has 0 saturated carbocycles. The summed E-state index contributed by atoms with van der Waals surface area (Å²) in [5, 5.41) is 0. The van der Waals surface area contributed by atoms with Crippen LogP contribution in [-0.2, 0) is 0 Å². The van der Waals surface area contributed by atoms with Crippen LogP contribution in [0.25, 0.3) is 0 Å². The van der Waals surface area contributed by atoms with Crippen molar-refractivity contribution in [2.24, 2.45) is 5.92 Å². The second-order valence-electron chi connectivity index (χ2n) is 6.69. The lowest BCUT2D eigenvalue weighted by atomic mass is 10.2. The highest BCUT2D eigenvalue weighted by Crippen LogP contribution is 2.50. The third-order valence-corrected chi connectivity index (χ3v) is 6.84. The highest BCUT2D eigenvalue weighted by Gasteiger charge is 2.35. The van der Waals surface area contributed by atoms with Crippen LogP contribution in [0, 0.1) is 5.92 Å². The molecule has 0 heterocycles. The molecule has 0 aromatic heterocycles. The lowest BCUT2D eigenvalue weighted by molar-refractivity contribution is 0.104. The van der Waals surface area contributed by atoms with Crippen LogP contribution >= 0.6 is 7.92 Å². The minimum absolute atomic E-state index is 0.135. The Balaban J connectivity index is 2.63. The largest absolute Gasteiger partial charge is 0.496 e. The molecule has 156 valence electrons. The Kier molecular flexibility index (Phi) is 8.03. The van der Waals surface area contributed by atoms with Crippen LogP contribution in [-0.4, -0.2) is 45.6 Å². The minimum Gasteiger partial charge on any atom is -0.496 e. The van der Waals surface area contributed by atoms with E-state index in [1.165, 1.54) is 28.4 Å². The first-order chi connectivity index (χ1) is 13.9. The Morgan fingerprint density at radius 2 is 1.03 bits per heavy atom. The van der Waals surface area contributed by atoms with Gasteiger partial charge in [0.15, 0.2) is 11.0 Å². The molecule has 0 aliphatic carbocycles. The van der Waals surface area contributed by atoms with Crippen LogP contribution < -0.4 is 18.9 Å². The SMILES string of the molecule is COc1cccc(OC)c1C(=O)P(CC(C)C)C(=O)c1c(OC)cccc1OC. The van der Waals surface area contributed by atoms with Crippen LogP contribution in [0.3, 0.4) is 0 Å². The van der Waals surface area contributed by atoms with Crippen LogP contribution in [0.5, 0.6) is 23.0 Å². The van der Waals surface area contributed by atoms with Crippen molar-refractivity contribution in [1.82, 2.24) is 0 Å². The maximum absolute atomic E-state index is 13.6. The van der Waals surface area contributed by atoms with Crippen molar-refractivity contribution in [2.75, 3.05) is 34.6 Å². The Hall–Kier alpha value is -2.59. The zero-order chi connectivity index (χ0) is 21.6. The topological polar surface area (TPSA) is 71.1 Å². The molecule has 0 saturated heterocycles. The van der Waals surface area contributed by atoms with E-state index in [-0.39, 0.29) is 28.1 Å². The number of rotatable bonds is 10. The third-order valence-electron chi connectivity index (χ3n) is 4.32. The van der Waals surface area contributed by atoms with E-state index in [9.17, 15) is 9.59 Å². The van der Waals surface area contributed by atoms with Gasteiger partial charge in [-0.1, -0.05) is 26.0 Å². The van der Waals surface area contributed by atoms with Gasteiger partial charge in [-0.2, -0.15) is 0 Å². The van der Waals surface area contributed by atoms with E-state index in [0.717, 1.165) is 0 Å². The molecular weight excluding hydrogens is 391 g/mol. The van der Waals surface area contributed by atoms with Gasteiger partial charge >= 0.3 is 0 Å².